The number of carbonyl (C=O) groups excluding carboxylic acids is 1. The number of rotatable bonds is 3. The average molecular weight is 223 g/mol. The van der Waals surface area contributed by atoms with Crippen molar-refractivity contribution in [3.05, 3.63) is 34.3 Å². The lowest BCUT2D eigenvalue weighted by Gasteiger charge is -1.95. The first-order valence-corrected chi connectivity index (χ1v) is 4.08. The van der Waals surface area contributed by atoms with Gasteiger partial charge in [0.1, 0.15) is 11.3 Å². The molecule has 9 nitrogen and oxygen atoms in total. The van der Waals surface area contributed by atoms with Crippen LogP contribution in [0, 0.1) is 10.1 Å². The number of hydrogen-bond acceptors (Lipinski definition) is 6. The summed E-state index contributed by atoms with van der Waals surface area (Å²) in [5.74, 6) is -1.19. The molecular formula is C7H5N5O4. The van der Waals surface area contributed by atoms with Gasteiger partial charge >= 0.3 is 5.88 Å². The smallest absolute Gasteiger partial charge is 0.395 e. The van der Waals surface area contributed by atoms with Gasteiger partial charge in [0.05, 0.1) is 6.07 Å². The molecule has 0 fully saturated rings. The molecule has 0 aromatic carbocycles. The van der Waals surface area contributed by atoms with Crippen molar-refractivity contribution in [2.75, 3.05) is 5.32 Å². The van der Waals surface area contributed by atoms with Gasteiger partial charge in [0, 0.05) is 0 Å². The van der Waals surface area contributed by atoms with E-state index in [1.54, 1.807) is 0 Å². The van der Waals surface area contributed by atoms with Crippen molar-refractivity contribution in [3.63, 3.8) is 0 Å². The van der Waals surface area contributed by atoms with Crippen LogP contribution in [0.3, 0.4) is 0 Å². The molecule has 0 aliphatic carbocycles. The molecule has 9 heteroatoms. The maximum absolute atomic E-state index is 11.4. The summed E-state index contributed by atoms with van der Waals surface area (Å²) in [6, 6.07) is 2.29. The summed E-state index contributed by atoms with van der Waals surface area (Å²) in [5, 5.41) is 18.5. The molecule has 0 aliphatic rings. The van der Waals surface area contributed by atoms with Crippen molar-refractivity contribution in [1.82, 2.24) is 15.2 Å². The number of hydrogen-bond donors (Lipinski definition) is 2. The zero-order chi connectivity index (χ0) is 11.5. The number of nitro groups is 1. The van der Waals surface area contributed by atoms with E-state index < -0.39 is 16.7 Å². The highest BCUT2D eigenvalue weighted by molar-refractivity contribution is 6.01. The fraction of sp³-hybridized carbons (Fsp3) is 0. The van der Waals surface area contributed by atoms with Crippen LogP contribution < -0.4 is 5.32 Å². The molecule has 2 rings (SSSR count). The molecule has 82 valence electrons. The summed E-state index contributed by atoms with van der Waals surface area (Å²) in [4.78, 5) is 24.7. The van der Waals surface area contributed by atoms with E-state index in [0.717, 1.165) is 6.07 Å². The molecule has 2 aromatic heterocycles. The van der Waals surface area contributed by atoms with Gasteiger partial charge < -0.3 is 4.42 Å². The number of amides is 1. The Morgan fingerprint density at radius 3 is 2.94 bits per heavy atom. The highest BCUT2D eigenvalue weighted by atomic mass is 16.6. The summed E-state index contributed by atoms with van der Waals surface area (Å²) in [5.41, 5.74) is 0. The number of nitrogens with zero attached hydrogens (tertiary/aromatic N) is 3. The number of H-pyrrole nitrogens is 1. The molecule has 0 aliphatic heterocycles. The van der Waals surface area contributed by atoms with Crippen molar-refractivity contribution < 1.29 is 14.1 Å². The molecular weight excluding hydrogens is 218 g/mol. The fourth-order valence-electron chi connectivity index (χ4n) is 0.983. The van der Waals surface area contributed by atoms with E-state index in [0.29, 0.717) is 0 Å². The second kappa shape index (κ2) is 3.81. The van der Waals surface area contributed by atoms with Crippen molar-refractivity contribution in [2.24, 2.45) is 0 Å². The predicted octanol–water partition coefficient (Wildman–Crippen LogP) is 0.558. The lowest BCUT2D eigenvalue weighted by molar-refractivity contribution is -0.402. The highest BCUT2D eigenvalue weighted by Gasteiger charge is 2.17. The van der Waals surface area contributed by atoms with Gasteiger partial charge in [-0.1, -0.05) is 0 Å². The lowest BCUT2D eigenvalue weighted by Crippen LogP contribution is -2.11. The SMILES string of the molecule is O=C(Nc1ncn[nH]1)c1ccc([N+](=O)[O-])o1. The van der Waals surface area contributed by atoms with Gasteiger partial charge in [-0.25, -0.2) is 5.10 Å². The molecule has 2 N–H and O–H groups in total. The van der Waals surface area contributed by atoms with Crippen LogP contribution in [0.4, 0.5) is 11.8 Å². The zero-order valence-corrected chi connectivity index (χ0v) is 7.71. The standard InChI is InChI=1S/C7H5N5O4/c13-6(10-7-8-3-9-11-7)4-1-2-5(16-4)12(14)15/h1-3H,(H2,8,9,10,11,13). The third-order valence-corrected chi connectivity index (χ3v) is 1.64. The van der Waals surface area contributed by atoms with Gasteiger partial charge in [0.25, 0.3) is 5.91 Å². The largest absolute Gasteiger partial charge is 0.433 e. The van der Waals surface area contributed by atoms with E-state index in [4.69, 9.17) is 0 Å². The third kappa shape index (κ3) is 1.87. The molecule has 2 heterocycles. The third-order valence-electron chi connectivity index (χ3n) is 1.64. The Morgan fingerprint density at radius 1 is 1.56 bits per heavy atom. The topological polar surface area (TPSA) is 127 Å². The van der Waals surface area contributed by atoms with Crippen molar-refractivity contribution >= 4 is 17.7 Å². The monoisotopic (exact) mass is 223 g/mol. The van der Waals surface area contributed by atoms with Crippen LogP contribution in [-0.2, 0) is 0 Å². The van der Waals surface area contributed by atoms with Gasteiger partial charge in [0.15, 0.2) is 5.76 Å². The number of aromatic nitrogens is 3. The second-order valence-corrected chi connectivity index (χ2v) is 2.68. The predicted molar refractivity (Wildman–Crippen MR) is 49.7 cm³/mol. The van der Waals surface area contributed by atoms with E-state index in [1.807, 2.05) is 0 Å². The summed E-state index contributed by atoms with van der Waals surface area (Å²) >= 11 is 0. The number of aromatic amines is 1. The van der Waals surface area contributed by atoms with Crippen LogP contribution in [-0.4, -0.2) is 26.0 Å². The molecule has 0 saturated carbocycles. The van der Waals surface area contributed by atoms with Gasteiger partial charge in [0.2, 0.25) is 5.95 Å². The van der Waals surface area contributed by atoms with Crippen molar-refractivity contribution in [3.8, 4) is 0 Å². The Hall–Kier alpha value is -2.71. The summed E-state index contributed by atoms with van der Waals surface area (Å²) in [6.07, 6.45) is 1.21. The minimum absolute atomic E-state index is 0.129. The zero-order valence-electron chi connectivity index (χ0n) is 7.71. The molecule has 1 amide bonds. The Bertz CT molecular complexity index is 517. The van der Waals surface area contributed by atoms with Crippen LogP contribution in [0.1, 0.15) is 10.6 Å². The first kappa shape index (κ1) is 9.83. The minimum Gasteiger partial charge on any atom is -0.395 e. The average Bonchev–Trinajstić information content (AvgIpc) is 2.86. The van der Waals surface area contributed by atoms with Crippen LogP contribution in [0.25, 0.3) is 0 Å². The van der Waals surface area contributed by atoms with Gasteiger partial charge in [-0.3, -0.25) is 20.2 Å². The van der Waals surface area contributed by atoms with Crippen molar-refractivity contribution in [1.29, 1.82) is 0 Å². The molecule has 0 bridgehead atoms. The molecule has 0 atom stereocenters. The maximum atomic E-state index is 11.4. The van der Waals surface area contributed by atoms with Crippen LogP contribution >= 0.6 is 0 Å². The first-order chi connectivity index (χ1) is 7.66. The van der Waals surface area contributed by atoms with Crippen LogP contribution in [0.5, 0.6) is 0 Å². The normalized spacial score (nSPS) is 10.0. The molecule has 16 heavy (non-hydrogen) atoms. The summed E-state index contributed by atoms with van der Waals surface area (Å²) < 4.78 is 4.68. The Balaban J connectivity index is 2.12. The van der Waals surface area contributed by atoms with E-state index in [2.05, 4.69) is 24.9 Å². The second-order valence-electron chi connectivity index (χ2n) is 2.68. The Kier molecular flexibility index (Phi) is 2.34. The maximum Gasteiger partial charge on any atom is 0.433 e. The number of anilines is 1. The molecule has 0 radical (unpaired) electrons. The Morgan fingerprint density at radius 2 is 2.38 bits per heavy atom. The van der Waals surface area contributed by atoms with E-state index in [9.17, 15) is 14.9 Å². The van der Waals surface area contributed by atoms with E-state index in [-0.39, 0.29) is 11.7 Å². The molecule has 0 saturated heterocycles. The van der Waals surface area contributed by atoms with E-state index in [1.165, 1.54) is 12.4 Å². The first-order valence-electron chi connectivity index (χ1n) is 4.08. The Labute approximate surface area is 87.6 Å². The van der Waals surface area contributed by atoms with Gasteiger partial charge in [-0.15, -0.1) is 0 Å². The molecule has 0 unspecified atom stereocenters. The number of carbonyl (C=O) groups is 1. The number of furan rings is 1. The van der Waals surface area contributed by atoms with E-state index >= 15 is 0 Å². The minimum atomic E-state index is -0.731. The van der Waals surface area contributed by atoms with Crippen LogP contribution in [0.15, 0.2) is 22.9 Å². The fourth-order valence-corrected chi connectivity index (χ4v) is 0.983. The summed E-state index contributed by atoms with van der Waals surface area (Å²) in [6.45, 7) is 0. The number of nitrogens with one attached hydrogen (secondary N) is 2. The summed E-state index contributed by atoms with van der Waals surface area (Å²) in [7, 11) is 0. The molecule has 2 aromatic rings. The molecule has 0 spiro atoms. The highest BCUT2D eigenvalue weighted by Crippen LogP contribution is 2.16. The van der Waals surface area contributed by atoms with Crippen molar-refractivity contribution in [2.45, 2.75) is 0 Å². The van der Waals surface area contributed by atoms with Gasteiger partial charge in [-0.2, -0.15) is 10.1 Å². The van der Waals surface area contributed by atoms with Gasteiger partial charge in [-0.05, 0) is 6.07 Å². The quantitative estimate of drug-likeness (QED) is 0.577. The van der Waals surface area contributed by atoms with Crippen LogP contribution in [0.2, 0.25) is 0 Å². The lowest BCUT2D eigenvalue weighted by atomic mass is 10.4.